The van der Waals surface area contributed by atoms with Gasteiger partial charge in [-0.2, -0.15) is 0 Å². The SMILES string of the molecule is CC(C)(C)c1ccc(OC2CCCC2)c(-c2cccc(F)c2C2CCC2)c1.O=CO. The number of carbonyl (C=O) groups is 1. The van der Waals surface area contributed by atoms with Gasteiger partial charge in [-0.05, 0) is 84.7 Å². The Bertz CT molecular complexity index is 859. The largest absolute Gasteiger partial charge is 0.490 e. The third-order valence-electron chi connectivity index (χ3n) is 6.30. The van der Waals surface area contributed by atoms with Crippen molar-refractivity contribution < 1.29 is 19.0 Å². The second kappa shape index (κ2) is 9.63. The molecule has 4 rings (SSSR count). The molecule has 0 heterocycles. The van der Waals surface area contributed by atoms with Crippen LogP contribution in [0.5, 0.6) is 5.75 Å². The quantitative estimate of drug-likeness (QED) is 0.546. The standard InChI is InChI=1S/C25H31FO.CH2O2/c1-25(2,3)18-14-15-23(27-19-10-4-5-11-19)21(16-18)20-12-7-13-22(26)24(20)17-8-6-9-17;2-1-3/h7,12-17,19H,4-6,8-11H2,1-3H3;1H,(H,2,3). The molecular formula is C26H33FO3. The summed E-state index contributed by atoms with van der Waals surface area (Å²) in [7, 11) is 0. The van der Waals surface area contributed by atoms with Crippen LogP contribution < -0.4 is 4.74 Å². The van der Waals surface area contributed by atoms with E-state index in [0.29, 0.717) is 12.0 Å². The van der Waals surface area contributed by atoms with Crippen LogP contribution in [0.4, 0.5) is 4.39 Å². The van der Waals surface area contributed by atoms with Crippen LogP contribution in [0.3, 0.4) is 0 Å². The van der Waals surface area contributed by atoms with Crippen LogP contribution in [0.2, 0.25) is 0 Å². The van der Waals surface area contributed by atoms with Crippen LogP contribution in [0, 0.1) is 5.82 Å². The van der Waals surface area contributed by atoms with Gasteiger partial charge in [-0.15, -0.1) is 0 Å². The van der Waals surface area contributed by atoms with Gasteiger partial charge in [0.25, 0.3) is 6.47 Å². The minimum atomic E-state index is -0.250. The van der Waals surface area contributed by atoms with Crippen molar-refractivity contribution in [1.82, 2.24) is 0 Å². The molecule has 2 aromatic rings. The van der Waals surface area contributed by atoms with Crippen molar-refractivity contribution in [3.8, 4) is 16.9 Å². The second-order valence-corrected chi connectivity index (χ2v) is 9.42. The van der Waals surface area contributed by atoms with Crippen molar-refractivity contribution in [2.45, 2.75) is 83.2 Å². The number of benzene rings is 2. The summed E-state index contributed by atoms with van der Waals surface area (Å²) < 4.78 is 21.3. The maximum atomic E-state index is 14.8. The molecular weight excluding hydrogens is 379 g/mol. The number of hydrogen-bond donors (Lipinski definition) is 1. The summed E-state index contributed by atoms with van der Waals surface area (Å²) in [5.41, 5.74) is 4.30. The van der Waals surface area contributed by atoms with E-state index in [-0.39, 0.29) is 17.7 Å². The van der Waals surface area contributed by atoms with E-state index in [1.807, 2.05) is 6.07 Å². The Morgan fingerprint density at radius 3 is 2.23 bits per heavy atom. The van der Waals surface area contributed by atoms with Gasteiger partial charge in [-0.25, -0.2) is 4.39 Å². The Balaban J connectivity index is 0.000000806. The van der Waals surface area contributed by atoms with E-state index < -0.39 is 0 Å². The van der Waals surface area contributed by atoms with E-state index in [9.17, 15) is 4.39 Å². The molecule has 2 saturated carbocycles. The lowest BCUT2D eigenvalue weighted by Crippen LogP contribution is -2.15. The fraction of sp³-hybridized carbons (Fsp3) is 0.500. The minimum absolute atomic E-state index is 0.0462. The predicted molar refractivity (Wildman–Crippen MR) is 119 cm³/mol. The molecule has 0 unspecified atom stereocenters. The first kappa shape index (κ1) is 22.3. The fourth-order valence-corrected chi connectivity index (χ4v) is 4.38. The van der Waals surface area contributed by atoms with Crippen molar-refractivity contribution in [3.63, 3.8) is 0 Å². The molecule has 0 spiro atoms. The summed E-state index contributed by atoms with van der Waals surface area (Å²) in [6, 6.07) is 12.1. The highest BCUT2D eigenvalue weighted by atomic mass is 19.1. The summed E-state index contributed by atoms with van der Waals surface area (Å²) in [5, 5.41) is 6.89. The Kier molecular flexibility index (Phi) is 7.17. The van der Waals surface area contributed by atoms with Crippen molar-refractivity contribution in [2.75, 3.05) is 0 Å². The minimum Gasteiger partial charge on any atom is -0.490 e. The molecule has 2 aliphatic carbocycles. The number of ether oxygens (including phenoxy) is 1. The smallest absolute Gasteiger partial charge is 0.290 e. The van der Waals surface area contributed by atoms with Crippen molar-refractivity contribution in [2.24, 2.45) is 0 Å². The lowest BCUT2D eigenvalue weighted by Gasteiger charge is -2.30. The lowest BCUT2D eigenvalue weighted by molar-refractivity contribution is -0.122. The van der Waals surface area contributed by atoms with Crippen molar-refractivity contribution >= 4 is 6.47 Å². The van der Waals surface area contributed by atoms with Crippen LogP contribution >= 0.6 is 0 Å². The summed E-state index contributed by atoms with van der Waals surface area (Å²) >= 11 is 0. The van der Waals surface area contributed by atoms with E-state index in [4.69, 9.17) is 14.6 Å². The number of rotatable bonds is 4. The van der Waals surface area contributed by atoms with E-state index in [2.05, 4.69) is 45.0 Å². The highest BCUT2D eigenvalue weighted by Gasteiger charge is 2.28. The highest BCUT2D eigenvalue weighted by molar-refractivity contribution is 5.75. The van der Waals surface area contributed by atoms with Gasteiger partial charge in [0.05, 0.1) is 6.10 Å². The number of hydrogen-bond acceptors (Lipinski definition) is 2. The first-order valence-electron chi connectivity index (χ1n) is 11.0. The highest BCUT2D eigenvalue weighted by Crippen LogP contribution is 2.45. The zero-order valence-electron chi connectivity index (χ0n) is 18.3. The average Bonchev–Trinajstić information content (AvgIpc) is 3.15. The van der Waals surface area contributed by atoms with Gasteiger partial charge in [0.1, 0.15) is 11.6 Å². The molecule has 4 heteroatoms. The molecule has 1 N–H and O–H groups in total. The molecule has 30 heavy (non-hydrogen) atoms. The van der Waals surface area contributed by atoms with Gasteiger partial charge in [0.2, 0.25) is 0 Å². The molecule has 0 aliphatic heterocycles. The third-order valence-corrected chi connectivity index (χ3v) is 6.30. The first-order valence-corrected chi connectivity index (χ1v) is 11.0. The summed E-state index contributed by atoms with van der Waals surface area (Å²) in [4.78, 5) is 8.36. The third kappa shape index (κ3) is 5.03. The van der Waals surface area contributed by atoms with Gasteiger partial charge in [-0.3, -0.25) is 4.79 Å². The van der Waals surface area contributed by atoms with E-state index in [1.54, 1.807) is 6.07 Å². The molecule has 2 fully saturated rings. The summed E-state index contributed by atoms with van der Waals surface area (Å²) in [6.45, 7) is 6.42. The van der Waals surface area contributed by atoms with Crippen LogP contribution in [0.15, 0.2) is 36.4 Å². The fourth-order valence-electron chi connectivity index (χ4n) is 4.38. The van der Waals surface area contributed by atoms with Gasteiger partial charge in [0.15, 0.2) is 0 Å². The maximum Gasteiger partial charge on any atom is 0.290 e. The molecule has 0 atom stereocenters. The maximum absolute atomic E-state index is 14.8. The monoisotopic (exact) mass is 412 g/mol. The van der Waals surface area contributed by atoms with Gasteiger partial charge < -0.3 is 9.84 Å². The summed E-state index contributed by atoms with van der Waals surface area (Å²) in [6.07, 6.45) is 8.41. The molecule has 0 bridgehead atoms. The summed E-state index contributed by atoms with van der Waals surface area (Å²) in [5.74, 6) is 1.20. The molecule has 0 saturated heterocycles. The van der Waals surface area contributed by atoms with Gasteiger partial charge in [0, 0.05) is 5.56 Å². The Morgan fingerprint density at radius 1 is 1.00 bits per heavy atom. The van der Waals surface area contributed by atoms with Gasteiger partial charge >= 0.3 is 0 Å². The second-order valence-electron chi connectivity index (χ2n) is 9.42. The Morgan fingerprint density at radius 2 is 1.67 bits per heavy atom. The Labute approximate surface area is 179 Å². The number of halogens is 1. The topological polar surface area (TPSA) is 46.5 Å². The zero-order valence-corrected chi connectivity index (χ0v) is 18.3. The molecule has 3 nitrogen and oxygen atoms in total. The van der Waals surface area contributed by atoms with E-state index in [1.165, 1.54) is 24.8 Å². The van der Waals surface area contributed by atoms with Gasteiger partial charge in [-0.1, -0.05) is 45.4 Å². The zero-order chi connectivity index (χ0) is 21.7. The molecule has 2 aliphatic rings. The molecule has 0 amide bonds. The van der Waals surface area contributed by atoms with E-state index in [0.717, 1.165) is 48.1 Å². The molecule has 162 valence electrons. The Hall–Kier alpha value is -2.36. The molecule has 2 aromatic carbocycles. The molecule has 0 aromatic heterocycles. The normalized spacial score (nSPS) is 17.1. The number of carboxylic acid groups (broad SMARTS) is 1. The average molecular weight is 413 g/mol. The van der Waals surface area contributed by atoms with Crippen LogP contribution in [-0.2, 0) is 10.2 Å². The molecule has 0 radical (unpaired) electrons. The van der Waals surface area contributed by atoms with Crippen molar-refractivity contribution in [3.05, 3.63) is 53.3 Å². The van der Waals surface area contributed by atoms with Crippen LogP contribution in [-0.4, -0.2) is 17.7 Å². The first-order chi connectivity index (χ1) is 14.3. The predicted octanol–water partition coefficient (Wildman–Crippen LogP) is 7.08. The van der Waals surface area contributed by atoms with Crippen molar-refractivity contribution in [1.29, 1.82) is 0 Å². The van der Waals surface area contributed by atoms with Crippen LogP contribution in [0.1, 0.15) is 82.8 Å². The lowest BCUT2D eigenvalue weighted by atomic mass is 9.76. The van der Waals surface area contributed by atoms with Crippen LogP contribution in [0.25, 0.3) is 11.1 Å². The van der Waals surface area contributed by atoms with E-state index >= 15 is 0 Å².